The molecule has 4 nitrogen and oxygen atoms in total. The lowest BCUT2D eigenvalue weighted by molar-refractivity contribution is 0.650. The fourth-order valence-corrected chi connectivity index (χ4v) is 11.6. The molecule has 9 rings (SSSR count). The molecule has 1 aromatic heterocycles. The predicted molar refractivity (Wildman–Crippen MR) is 400 cm³/mol. The first-order valence-electron chi connectivity index (χ1n) is 32.0. The Morgan fingerprint density at radius 1 is 0.767 bits per heavy atom. The van der Waals surface area contributed by atoms with Crippen LogP contribution in [0.3, 0.4) is 0 Å². The molecule has 4 aliphatic rings. The lowest BCUT2D eigenvalue weighted by Crippen LogP contribution is -2.28. The Labute approximate surface area is 538 Å². The molecule has 0 saturated heterocycles. The second-order valence-electron chi connectivity index (χ2n) is 18.0. The van der Waals surface area contributed by atoms with Gasteiger partial charge in [0.25, 0.3) is 0 Å². The third kappa shape index (κ3) is 22.6. The number of nitrogens with zero attached hydrogens (tertiary/aromatic N) is 3. The maximum absolute atomic E-state index is 5.22. The molecule has 5 aromatic rings. The molecule has 1 unspecified atom stereocenters. The zero-order valence-corrected chi connectivity index (χ0v) is 58.4. The summed E-state index contributed by atoms with van der Waals surface area (Å²) < 4.78 is 1.23. The van der Waals surface area contributed by atoms with E-state index in [4.69, 9.17) is 11.6 Å². The van der Waals surface area contributed by atoms with Crippen LogP contribution >= 0.6 is 35.9 Å². The molecule has 3 aliphatic carbocycles. The number of anilines is 2. The van der Waals surface area contributed by atoms with Crippen molar-refractivity contribution in [3.8, 4) is 10.6 Å². The SMILES string of the molecule is C=C/C=C\C(SC)=C(/C)c1cccc(C(=CCCC(=C)N2C3=C(CCC(C4=CCC=C(N(C5=CC=CCC=C5)c5ccccc5)C=C4)/C=C\C3)Cc3cc4sc(-c5ccccc5)nc4cc32)/C=C\C)c1.CC.CC.CC.CC.CC.CC.CC.NS. The van der Waals surface area contributed by atoms with Gasteiger partial charge in [-0.15, -0.1) is 35.9 Å². The van der Waals surface area contributed by atoms with E-state index in [2.05, 4.69) is 243 Å². The third-order valence-electron chi connectivity index (χ3n) is 13.5. The monoisotopic (exact) mass is 1210 g/mol. The average Bonchev–Trinajstić information content (AvgIpc) is 1.49. The summed E-state index contributed by atoms with van der Waals surface area (Å²) in [7, 11) is 0. The zero-order valence-electron chi connectivity index (χ0n) is 55.9. The van der Waals surface area contributed by atoms with E-state index in [9.17, 15) is 0 Å². The number of allylic oxidation sites excluding steroid dienone is 22. The predicted octanol–water partition coefficient (Wildman–Crippen LogP) is 25.4. The topological polar surface area (TPSA) is 45.4 Å². The van der Waals surface area contributed by atoms with E-state index < -0.39 is 0 Å². The van der Waals surface area contributed by atoms with Crippen molar-refractivity contribution in [3.63, 3.8) is 0 Å². The molecule has 0 spiro atoms. The van der Waals surface area contributed by atoms with Crippen molar-refractivity contribution < 1.29 is 0 Å². The molecular formula is C79H108N4S3. The normalized spacial score (nSPS) is 15.2. The van der Waals surface area contributed by atoms with E-state index in [1.807, 2.05) is 109 Å². The van der Waals surface area contributed by atoms with Gasteiger partial charge in [0.05, 0.1) is 15.9 Å². The van der Waals surface area contributed by atoms with E-state index in [0.717, 1.165) is 78.8 Å². The Bertz CT molecular complexity index is 3150. The number of thioether (sulfide) groups is 1. The van der Waals surface area contributed by atoms with E-state index in [0.29, 0.717) is 5.92 Å². The summed E-state index contributed by atoms with van der Waals surface area (Å²) in [5.74, 6) is 0.322. The smallest absolute Gasteiger partial charge is 0.124 e. The number of aromatic nitrogens is 1. The lowest BCUT2D eigenvalue weighted by atomic mass is 9.84. The average molecular weight is 1210 g/mol. The van der Waals surface area contributed by atoms with E-state index in [1.54, 1.807) is 23.1 Å². The molecule has 0 saturated carbocycles. The van der Waals surface area contributed by atoms with Crippen LogP contribution in [0.5, 0.6) is 0 Å². The van der Waals surface area contributed by atoms with E-state index >= 15 is 0 Å². The minimum Gasteiger partial charge on any atom is -0.318 e. The summed E-state index contributed by atoms with van der Waals surface area (Å²) >= 11 is 6.58. The molecule has 1 aliphatic heterocycles. The van der Waals surface area contributed by atoms with Crippen LogP contribution in [-0.4, -0.2) is 11.2 Å². The summed E-state index contributed by atoms with van der Waals surface area (Å²) in [6, 6.07) is 35.0. The van der Waals surface area contributed by atoms with Crippen molar-refractivity contribution in [2.24, 2.45) is 11.1 Å². The van der Waals surface area contributed by atoms with E-state index in [1.165, 1.54) is 71.4 Å². The standard InChI is InChI=1S/C65H63N3S2.7C2H6.H3NS/c1-6-8-38-63(69-5)48(4)53-30-20-31-54(43-53)49(23-7-2)27-19-24-47(3)67-61-37-22-29-50(39-40-55(61)44-56-45-64-60(46-62(56)67)66-65(70-64)52-25-13-11-14-26-52)51-28-21-36-59(42-41-51)68(58-34-17-12-18-35-58)57-32-15-9-10-16-33-57;8*1-2/h6-9,11-18,20,22-23,25-36,38,41-43,45-46,50H,1,3,10,19,21,24,37,39-40,44H2,2,4-5H3;7*1-2H3;2H,1H2/b23-7-,29-22-,38-8-,49-27?,63-48-;;;;;;;;. The number of thiol groups is 1. The van der Waals surface area contributed by atoms with Crippen LogP contribution in [0.15, 0.2) is 252 Å². The lowest BCUT2D eigenvalue weighted by Gasteiger charge is -2.38. The molecule has 2 heterocycles. The Morgan fingerprint density at radius 2 is 1.44 bits per heavy atom. The van der Waals surface area contributed by atoms with Crippen molar-refractivity contribution in [1.82, 2.24) is 4.98 Å². The highest BCUT2D eigenvalue weighted by atomic mass is 32.2. The summed E-state index contributed by atoms with van der Waals surface area (Å²) in [6.45, 7) is 41.1. The molecule has 2 N–H and O–H groups in total. The van der Waals surface area contributed by atoms with Gasteiger partial charge in [0.2, 0.25) is 0 Å². The molecule has 0 bridgehead atoms. The van der Waals surface area contributed by atoms with Crippen LogP contribution in [0.1, 0.15) is 172 Å². The number of fused-ring (bicyclic) bond motifs is 2. The van der Waals surface area contributed by atoms with Gasteiger partial charge in [-0.05, 0) is 159 Å². The number of nitrogens with two attached hydrogens (primary N) is 1. The summed E-state index contributed by atoms with van der Waals surface area (Å²) in [5.41, 5.74) is 18.6. The quantitative estimate of drug-likeness (QED) is 0.0621. The van der Waals surface area contributed by atoms with Gasteiger partial charge < -0.3 is 9.80 Å². The second kappa shape index (κ2) is 46.6. The second-order valence-corrected chi connectivity index (χ2v) is 19.9. The number of benzene rings is 4. The van der Waals surface area contributed by atoms with Crippen LogP contribution < -0.4 is 14.9 Å². The van der Waals surface area contributed by atoms with Crippen molar-refractivity contribution in [3.05, 3.63) is 269 Å². The number of hydrogen-bond donors (Lipinski definition) is 2. The highest BCUT2D eigenvalue weighted by molar-refractivity contribution is 8.02. The fourth-order valence-electron chi connectivity index (χ4n) is 9.93. The van der Waals surface area contributed by atoms with Gasteiger partial charge in [-0.1, -0.05) is 256 Å². The molecular weight excluding hydrogens is 1100 g/mol. The molecule has 86 heavy (non-hydrogen) atoms. The van der Waals surface area contributed by atoms with Gasteiger partial charge in [0.1, 0.15) is 5.01 Å². The van der Waals surface area contributed by atoms with Crippen LogP contribution in [0.4, 0.5) is 11.4 Å². The summed E-state index contributed by atoms with van der Waals surface area (Å²) in [6.07, 6.45) is 47.8. The van der Waals surface area contributed by atoms with Gasteiger partial charge in [-0.2, -0.15) is 0 Å². The third-order valence-corrected chi connectivity index (χ3v) is 15.4. The van der Waals surface area contributed by atoms with Gasteiger partial charge >= 0.3 is 0 Å². The summed E-state index contributed by atoms with van der Waals surface area (Å²) in [5, 5.41) is 5.25. The fraction of sp³-hybridized carbons (Fsp3) is 0.329. The number of para-hydroxylation sites is 1. The molecule has 462 valence electrons. The van der Waals surface area contributed by atoms with Crippen LogP contribution in [0.2, 0.25) is 0 Å². The van der Waals surface area contributed by atoms with Crippen molar-refractivity contribution in [1.29, 1.82) is 0 Å². The zero-order chi connectivity index (χ0) is 64.2. The Kier molecular flexibility index (Phi) is 41.9. The van der Waals surface area contributed by atoms with Crippen molar-refractivity contribution in [2.45, 2.75) is 162 Å². The van der Waals surface area contributed by atoms with Gasteiger partial charge in [-0.3, -0.25) is 5.14 Å². The molecule has 0 fully saturated rings. The maximum Gasteiger partial charge on any atom is 0.124 e. The number of rotatable bonds is 15. The number of hydrogen-bond acceptors (Lipinski definition) is 7. The Hall–Kier alpha value is -6.61. The molecule has 7 heteroatoms. The highest BCUT2D eigenvalue weighted by Gasteiger charge is 2.29. The summed E-state index contributed by atoms with van der Waals surface area (Å²) in [4.78, 5) is 11.4. The first-order chi connectivity index (χ1) is 42.4. The van der Waals surface area contributed by atoms with Crippen molar-refractivity contribution in [2.75, 3.05) is 16.1 Å². The van der Waals surface area contributed by atoms with Crippen LogP contribution in [0.25, 0.3) is 31.9 Å². The first-order valence-corrected chi connectivity index (χ1v) is 34.5. The first kappa shape index (κ1) is 77.4. The van der Waals surface area contributed by atoms with Gasteiger partial charge in [0.15, 0.2) is 0 Å². The minimum atomic E-state index is 0.322. The maximum atomic E-state index is 5.22. The molecule has 1 atom stereocenters. The van der Waals surface area contributed by atoms with E-state index in [-0.39, 0.29) is 0 Å². The highest BCUT2D eigenvalue weighted by Crippen LogP contribution is 2.45. The Balaban J connectivity index is 0.00000214. The van der Waals surface area contributed by atoms with Crippen LogP contribution in [0, 0.1) is 5.92 Å². The van der Waals surface area contributed by atoms with Crippen LogP contribution in [-0.2, 0) is 6.42 Å². The molecule has 4 aromatic carbocycles. The molecule has 0 radical (unpaired) electrons. The van der Waals surface area contributed by atoms with Gasteiger partial charge in [-0.25, -0.2) is 4.98 Å². The Morgan fingerprint density at radius 3 is 2.10 bits per heavy atom. The minimum absolute atomic E-state index is 0.322. The largest absolute Gasteiger partial charge is 0.318 e. The van der Waals surface area contributed by atoms with Gasteiger partial charge in [0, 0.05) is 51.3 Å². The van der Waals surface area contributed by atoms with Crippen molar-refractivity contribution >= 4 is 68.7 Å². The number of thiazole rings is 1. The molecule has 0 amide bonds.